The van der Waals surface area contributed by atoms with Gasteiger partial charge in [-0.1, -0.05) is 30.3 Å². The molecule has 2 aromatic rings. The highest BCUT2D eigenvalue weighted by molar-refractivity contribution is 7.92. The van der Waals surface area contributed by atoms with Crippen LogP contribution >= 0.6 is 11.6 Å². The summed E-state index contributed by atoms with van der Waals surface area (Å²) in [6.07, 6.45) is 2.22. The highest BCUT2D eigenvalue weighted by Crippen LogP contribution is 2.27. The average Bonchev–Trinajstić information content (AvgIpc) is 2.79. The lowest BCUT2D eigenvalue weighted by molar-refractivity contribution is -0.142. The summed E-state index contributed by atoms with van der Waals surface area (Å²) in [5.41, 5.74) is 7.44. The smallest absolute Gasteiger partial charge is 0.328 e. The van der Waals surface area contributed by atoms with Crippen molar-refractivity contribution in [3.8, 4) is 0 Å². The lowest BCUT2D eigenvalue weighted by Crippen LogP contribution is -2.43. The van der Waals surface area contributed by atoms with Gasteiger partial charge in [0.15, 0.2) is 6.04 Å². The Bertz CT molecular complexity index is 1320. The SMILES string of the molecule is C=C(/C=N\C(=C/N)c1cccc(NS(=O)(=O)c2cc(C)c(Cl)cc2C)c1)C(=O)N[C@@H](CO)C(=O)O. The fraction of sp³-hybridized carbons (Fsp3) is 0.174. The molecule has 2 rings (SSSR count). The van der Waals surface area contributed by atoms with E-state index in [1.54, 1.807) is 38.1 Å². The zero-order valence-corrected chi connectivity index (χ0v) is 20.5. The number of aliphatic carboxylic acids is 1. The normalized spacial score (nSPS) is 12.9. The standard InChI is InChI=1S/C23H25ClN4O6S/c1-13-8-21(14(2)7-18(13)24)35(33,34)28-17-6-4-5-16(9-17)19(10-25)26-11-15(3)22(30)27-20(12-29)23(31)32/h4-11,20,28-29H,3,12,25H2,1-2H3,(H,27,30)(H,31,32)/b19-10-,26-11-/t20-/m0/s1. The Morgan fingerprint density at radius 2 is 1.91 bits per heavy atom. The van der Waals surface area contributed by atoms with Gasteiger partial charge in [0.25, 0.3) is 15.9 Å². The number of aliphatic hydroxyl groups excluding tert-OH is 1. The zero-order chi connectivity index (χ0) is 26.3. The Kier molecular flexibility index (Phi) is 9.18. The number of halogens is 1. The molecule has 0 saturated heterocycles. The minimum atomic E-state index is -3.92. The van der Waals surface area contributed by atoms with Gasteiger partial charge in [-0.25, -0.2) is 13.2 Å². The second-order valence-electron chi connectivity index (χ2n) is 7.44. The molecule has 6 N–H and O–H groups in total. The van der Waals surface area contributed by atoms with Crippen LogP contribution in [0.5, 0.6) is 0 Å². The molecule has 0 aromatic heterocycles. The minimum Gasteiger partial charge on any atom is -0.480 e. The molecule has 0 unspecified atom stereocenters. The molecule has 0 fully saturated rings. The lowest BCUT2D eigenvalue weighted by atomic mass is 10.1. The summed E-state index contributed by atoms with van der Waals surface area (Å²) in [4.78, 5) is 27.2. The number of hydrogen-bond acceptors (Lipinski definition) is 7. The number of carboxylic acid groups (broad SMARTS) is 1. The van der Waals surface area contributed by atoms with Gasteiger partial charge in [0.2, 0.25) is 0 Å². The number of hydrogen-bond donors (Lipinski definition) is 5. The van der Waals surface area contributed by atoms with Gasteiger partial charge in [-0.15, -0.1) is 0 Å². The van der Waals surface area contributed by atoms with E-state index in [9.17, 15) is 18.0 Å². The predicted octanol–water partition coefficient (Wildman–Crippen LogP) is 2.20. The van der Waals surface area contributed by atoms with Crippen LogP contribution in [0.15, 0.2) is 64.6 Å². The summed E-state index contributed by atoms with van der Waals surface area (Å²) in [6.45, 7) is 6.07. The number of carbonyl (C=O) groups excluding carboxylic acids is 1. The first-order valence-electron chi connectivity index (χ1n) is 10.1. The average molecular weight is 521 g/mol. The lowest BCUT2D eigenvalue weighted by Gasteiger charge is -2.13. The number of rotatable bonds is 10. The molecule has 0 spiro atoms. The number of anilines is 1. The van der Waals surface area contributed by atoms with E-state index >= 15 is 0 Å². The molecule has 0 aliphatic heterocycles. The summed E-state index contributed by atoms with van der Waals surface area (Å²) in [5.74, 6) is -2.25. The number of nitrogens with one attached hydrogen (secondary N) is 2. The Morgan fingerprint density at radius 1 is 1.23 bits per heavy atom. The highest BCUT2D eigenvalue weighted by Gasteiger charge is 2.20. The number of sulfonamides is 1. The van der Waals surface area contributed by atoms with Crippen LogP contribution in [-0.2, 0) is 19.6 Å². The Hall–Kier alpha value is -3.67. The Labute approximate surface area is 207 Å². The topological polar surface area (TPSA) is 171 Å². The van der Waals surface area contributed by atoms with E-state index in [-0.39, 0.29) is 21.9 Å². The number of aliphatic imine (C=N–C) groups is 1. The molecule has 10 nitrogen and oxygen atoms in total. The van der Waals surface area contributed by atoms with Gasteiger partial charge in [0.05, 0.1) is 22.8 Å². The first-order chi connectivity index (χ1) is 16.4. The van der Waals surface area contributed by atoms with Crippen molar-refractivity contribution in [1.29, 1.82) is 0 Å². The molecule has 0 saturated carbocycles. The van der Waals surface area contributed by atoms with Crippen molar-refractivity contribution >= 4 is 51.1 Å². The third-order valence-corrected chi connectivity index (χ3v) is 6.68. The fourth-order valence-corrected chi connectivity index (χ4v) is 4.43. The molecule has 35 heavy (non-hydrogen) atoms. The number of carbonyl (C=O) groups is 2. The number of aliphatic hydroxyl groups is 1. The maximum atomic E-state index is 12.9. The van der Waals surface area contributed by atoms with Crippen molar-refractivity contribution in [2.75, 3.05) is 11.3 Å². The molecule has 0 radical (unpaired) electrons. The van der Waals surface area contributed by atoms with Crippen LogP contribution in [-0.4, -0.2) is 49.4 Å². The third kappa shape index (κ3) is 7.15. The molecular formula is C23H25ClN4O6S. The van der Waals surface area contributed by atoms with Crippen LogP contribution < -0.4 is 15.8 Å². The summed E-state index contributed by atoms with van der Waals surface area (Å²) < 4.78 is 28.4. The summed E-state index contributed by atoms with van der Waals surface area (Å²) >= 11 is 6.07. The van der Waals surface area contributed by atoms with E-state index in [0.29, 0.717) is 21.7 Å². The molecular weight excluding hydrogens is 496 g/mol. The molecule has 0 aliphatic rings. The highest BCUT2D eigenvalue weighted by atomic mass is 35.5. The first-order valence-corrected chi connectivity index (χ1v) is 11.9. The van der Waals surface area contributed by atoms with E-state index in [1.165, 1.54) is 12.1 Å². The van der Waals surface area contributed by atoms with E-state index < -0.39 is 34.5 Å². The second kappa shape index (κ2) is 11.6. The van der Waals surface area contributed by atoms with Crippen LogP contribution in [0.4, 0.5) is 5.69 Å². The van der Waals surface area contributed by atoms with E-state index in [2.05, 4.69) is 21.6 Å². The molecule has 2 aromatic carbocycles. The van der Waals surface area contributed by atoms with Crippen molar-refractivity contribution in [2.45, 2.75) is 24.8 Å². The Balaban J connectivity index is 2.23. The first kappa shape index (κ1) is 27.6. The monoisotopic (exact) mass is 520 g/mol. The zero-order valence-electron chi connectivity index (χ0n) is 18.9. The number of amides is 1. The van der Waals surface area contributed by atoms with E-state index in [4.69, 9.17) is 27.5 Å². The molecule has 0 heterocycles. The van der Waals surface area contributed by atoms with Crippen molar-refractivity contribution in [3.05, 3.63) is 76.5 Å². The van der Waals surface area contributed by atoms with Gasteiger partial charge in [0.1, 0.15) is 0 Å². The maximum Gasteiger partial charge on any atom is 0.328 e. The van der Waals surface area contributed by atoms with Gasteiger partial charge in [0, 0.05) is 28.7 Å². The number of aryl methyl sites for hydroxylation is 2. The van der Waals surface area contributed by atoms with Crippen LogP contribution in [0.25, 0.3) is 5.70 Å². The number of nitrogens with two attached hydrogens (primary N) is 1. The third-order valence-electron chi connectivity index (χ3n) is 4.75. The summed E-state index contributed by atoms with van der Waals surface area (Å²) in [5, 5.41) is 20.5. The van der Waals surface area contributed by atoms with Crippen LogP contribution in [0.3, 0.4) is 0 Å². The predicted molar refractivity (Wildman–Crippen MR) is 135 cm³/mol. The van der Waals surface area contributed by atoms with Crippen LogP contribution in [0.1, 0.15) is 16.7 Å². The van der Waals surface area contributed by atoms with E-state index in [1.807, 2.05) is 0 Å². The molecule has 1 atom stereocenters. The molecule has 186 valence electrons. The van der Waals surface area contributed by atoms with Crippen molar-refractivity contribution in [3.63, 3.8) is 0 Å². The number of carboxylic acids is 1. The Morgan fingerprint density at radius 3 is 2.51 bits per heavy atom. The molecule has 1 amide bonds. The number of benzene rings is 2. The summed E-state index contributed by atoms with van der Waals surface area (Å²) in [7, 11) is -3.92. The van der Waals surface area contributed by atoms with Crippen molar-refractivity contribution in [1.82, 2.24) is 5.32 Å². The summed E-state index contributed by atoms with van der Waals surface area (Å²) in [6, 6.07) is 7.84. The maximum absolute atomic E-state index is 12.9. The minimum absolute atomic E-state index is 0.0854. The second-order valence-corrected chi connectivity index (χ2v) is 9.49. The van der Waals surface area contributed by atoms with Crippen LogP contribution in [0, 0.1) is 13.8 Å². The quantitative estimate of drug-likeness (QED) is 0.236. The van der Waals surface area contributed by atoms with E-state index in [0.717, 1.165) is 12.4 Å². The largest absolute Gasteiger partial charge is 0.480 e. The van der Waals surface area contributed by atoms with Crippen molar-refractivity contribution < 1.29 is 28.2 Å². The van der Waals surface area contributed by atoms with Gasteiger partial charge < -0.3 is 21.3 Å². The number of nitrogens with zero attached hydrogens (tertiary/aromatic N) is 1. The van der Waals surface area contributed by atoms with Crippen LogP contribution in [0.2, 0.25) is 5.02 Å². The molecule has 0 aliphatic carbocycles. The van der Waals surface area contributed by atoms with Crippen molar-refractivity contribution in [2.24, 2.45) is 10.7 Å². The fourth-order valence-electron chi connectivity index (χ4n) is 2.85. The van der Waals surface area contributed by atoms with Gasteiger partial charge in [-0.3, -0.25) is 14.5 Å². The van der Waals surface area contributed by atoms with Gasteiger partial charge >= 0.3 is 5.97 Å². The molecule has 12 heteroatoms. The van der Waals surface area contributed by atoms with Gasteiger partial charge in [-0.2, -0.15) is 0 Å². The van der Waals surface area contributed by atoms with Gasteiger partial charge in [-0.05, 0) is 49.2 Å². The molecule has 0 bridgehead atoms.